The molecule has 0 saturated carbocycles. The van der Waals surface area contributed by atoms with Crippen molar-refractivity contribution < 1.29 is 9.84 Å². The van der Waals surface area contributed by atoms with Crippen LogP contribution in [0.25, 0.3) is 0 Å². The van der Waals surface area contributed by atoms with Crippen molar-refractivity contribution in [2.24, 2.45) is 0 Å². The maximum absolute atomic E-state index is 10.7. The number of benzene rings is 1. The van der Waals surface area contributed by atoms with Gasteiger partial charge < -0.3 is 9.84 Å². The zero-order valence-corrected chi connectivity index (χ0v) is 12.2. The quantitative estimate of drug-likeness (QED) is 0.847. The van der Waals surface area contributed by atoms with E-state index in [1.807, 2.05) is 6.07 Å². The molecule has 19 heavy (non-hydrogen) atoms. The van der Waals surface area contributed by atoms with Crippen LogP contribution in [-0.2, 0) is 11.2 Å². The van der Waals surface area contributed by atoms with Crippen LogP contribution in [0.1, 0.15) is 37.0 Å². The summed E-state index contributed by atoms with van der Waals surface area (Å²) in [6.45, 7) is 2.84. The fraction of sp³-hybridized carbons (Fsp3) is 0.625. The topological polar surface area (TPSA) is 32.7 Å². The van der Waals surface area contributed by atoms with Gasteiger partial charge in [-0.05, 0) is 44.4 Å². The molecule has 3 unspecified atom stereocenters. The Morgan fingerprint density at radius 3 is 2.89 bits per heavy atom. The summed E-state index contributed by atoms with van der Waals surface area (Å²) in [5.74, 6) is 0. The van der Waals surface area contributed by atoms with E-state index in [2.05, 4.69) is 37.1 Å². The summed E-state index contributed by atoms with van der Waals surface area (Å²) in [5, 5.41) is 10.7. The molecule has 0 aromatic heterocycles. The zero-order chi connectivity index (χ0) is 13.8. The first-order valence-corrected chi connectivity index (χ1v) is 7.12. The molecule has 106 valence electrons. The van der Waals surface area contributed by atoms with E-state index in [1.165, 1.54) is 5.56 Å². The molecule has 3 heteroatoms. The van der Waals surface area contributed by atoms with Gasteiger partial charge in [0, 0.05) is 19.2 Å². The summed E-state index contributed by atoms with van der Waals surface area (Å²) in [4.78, 5) is 2.26. The number of aliphatic hydroxyl groups is 1. The first-order valence-electron chi connectivity index (χ1n) is 7.12. The number of hydrogen-bond acceptors (Lipinski definition) is 3. The van der Waals surface area contributed by atoms with E-state index in [4.69, 9.17) is 4.74 Å². The second-order valence-corrected chi connectivity index (χ2v) is 5.57. The highest BCUT2D eigenvalue weighted by Gasteiger charge is 2.30. The lowest BCUT2D eigenvalue weighted by Gasteiger charge is -2.35. The normalized spacial score (nSPS) is 24.9. The maximum atomic E-state index is 10.7. The Bertz CT molecular complexity index is 407. The predicted octanol–water partition coefficient (Wildman–Crippen LogP) is 2.39. The standard InChI is InChI=1S/C16H25NO2/c1-12(11-19-3)17(2)15-10-6-8-13-7-4-5-9-14(13)16(15)18/h4-5,7,9,12,15-16,18H,6,8,10-11H2,1-3H3. The van der Waals surface area contributed by atoms with Crippen LogP contribution in [0, 0.1) is 0 Å². The van der Waals surface area contributed by atoms with Crippen molar-refractivity contribution in [1.82, 2.24) is 4.90 Å². The number of fused-ring (bicyclic) bond motifs is 1. The van der Waals surface area contributed by atoms with E-state index in [0.717, 1.165) is 24.8 Å². The molecule has 0 radical (unpaired) electrons. The van der Waals surface area contributed by atoms with E-state index in [0.29, 0.717) is 12.6 Å². The maximum Gasteiger partial charge on any atom is 0.0947 e. The van der Waals surface area contributed by atoms with Crippen LogP contribution < -0.4 is 0 Å². The average Bonchev–Trinajstić information content (AvgIpc) is 2.58. The van der Waals surface area contributed by atoms with E-state index in [9.17, 15) is 5.11 Å². The first-order chi connectivity index (χ1) is 9.15. The summed E-state index contributed by atoms with van der Waals surface area (Å²) in [6, 6.07) is 8.77. The third-order valence-electron chi connectivity index (χ3n) is 4.31. The molecule has 3 atom stereocenters. The van der Waals surface area contributed by atoms with Gasteiger partial charge in [-0.1, -0.05) is 24.3 Å². The second kappa shape index (κ2) is 6.51. The lowest BCUT2D eigenvalue weighted by molar-refractivity contribution is 0.0173. The average molecular weight is 263 g/mol. The second-order valence-electron chi connectivity index (χ2n) is 5.57. The largest absolute Gasteiger partial charge is 0.387 e. The number of aryl methyl sites for hydroxylation is 1. The summed E-state index contributed by atoms with van der Waals surface area (Å²) in [7, 11) is 3.81. The fourth-order valence-corrected chi connectivity index (χ4v) is 3.03. The Hall–Kier alpha value is -0.900. The van der Waals surface area contributed by atoms with Crippen molar-refractivity contribution in [2.45, 2.75) is 44.4 Å². The van der Waals surface area contributed by atoms with Gasteiger partial charge in [-0.15, -0.1) is 0 Å². The SMILES string of the molecule is COCC(C)N(C)C1CCCc2ccccc2C1O. The monoisotopic (exact) mass is 263 g/mol. The van der Waals surface area contributed by atoms with E-state index < -0.39 is 6.10 Å². The van der Waals surface area contributed by atoms with Gasteiger partial charge in [0.1, 0.15) is 0 Å². The van der Waals surface area contributed by atoms with Crippen LogP contribution in [-0.4, -0.2) is 42.9 Å². The minimum Gasteiger partial charge on any atom is -0.387 e. The summed E-state index contributed by atoms with van der Waals surface area (Å²) >= 11 is 0. The molecule has 1 aromatic carbocycles. The van der Waals surface area contributed by atoms with E-state index >= 15 is 0 Å². The number of rotatable bonds is 4. The van der Waals surface area contributed by atoms with Crippen molar-refractivity contribution in [1.29, 1.82) is 0 Å². The summed E-state index contributed by atoms with van der Waals surface area (Å²) in [6.07, 6.45) is 2.82. The molecule has 1 aromatic rings. The van der Waals surface area contributed by atoms with E-state index in [-0.39, 0.29) is 6.04 Å². The lowest BCUT2D eigenvalue weighted by atomic mass is 9.97. The van der Waals surface area contributed by atoms with Gasteiger partial charge in [-0.25, -0.2) is 0 Å². The van der Waals surface area contributed by atoms with Gasteiger partial charge in [0.15, 0.2) is 0 Å². The molecular formula is C16H25NO2. The number of nitrogens with zero attached hydrogens (tertiary/aromatic N) is 1. The third-order valence-corrected chi connectivity index (χ3v) is 4.31. The highest BCUT2D eigenvalue weighted by Crippen LogP contribution is 2.32. The minimum absolute atomic E-state index is 0.175. The van der Waals surface area contributed by atoms with Crippen LogP contribution in [0.15, 0.2) is 24.3 Å². The van der Waals surface area contributed by atoms with Crippen molar-refractivity contribution in [3.63, 3.8) is 0 Å². The van der Waals surface area contributed by atoms with E-state index in [1.54, 1.807) is 7.11 Å². The van der Waals surface area contributed by atoms with Gasteiger partial charge in [-0.3, -0.25) is 4.90 Å². The van der Waals surface area contributed by atoms with Crippen LogP contribution in [0.3, 0.4) is 0 Å². The number of ether oxygens (including phenoxy) is 1. The summed E-state index contributed by atoms with van der Waals surface area (Å²) < 4.78 is 5.23. The lowest BCUT2D eigenvalue weighted by Crippen LogP contribution is -2.44. The van der Waals surface area contributed by atoms with Gasteiger partial charge in [0.05, 0.1) is 12.7 Å². The molecule has 0 saturated heterocycles. The van der Waals surface area contributed by atoms with Crippen molar-refractivity contribution in [2.75, 3.05) is 20.8 Å². The molecule has 1 N–H and O–H groups in total. The number of aliphatic hydroxyl groups excluding tert-OH is 1. The number of methoxy groups -OCH3 is 1. The third kappa shape index (κ3) is 3.16. The Labute approximate surface area is 116 Å². The minimum atomic E-state index is -0.400. The molecular weight excluding hydrogens is 238 g/mol. The molecule has 3 nitrogen and oxygen atoms in total. The van der Waals surface area contributed by atoms with Crippen LogP contribution in [0.2, 0.25) is 0 Å². The smallest absolute Gasteiger partial charge is 0.0947 e. The van der Waals surface area contributed by atoms with Gasteiger partial charge >= 0.3 is 0 Å². The molecule has 1 aliphatic carbocycles. The van der Waals surface area contributed by atoms with Gasteiger partial charge in [0.25, 0.3) is 0 Å². The molecule has 0 fully saturated rings. The van der Waals surface area contributed by atoms with Gasteiger partial charge in [-0.2, -0.15) is 0 Å². The number of hydrogen-bond donors (Lipinski definition) is 1. The highest BCUT2D eigenvalue weighted by molar-refractivity contribution is 5.31. The first kappa shape index (κ1) is 14.5. The molecule has 0 amide bonds. The molecule has 0 bridgehead atoms. The van der Waals surface area contributed by atoms with Crippen LogP contribution >= 0.6 is 0 Å². The van der Waals surface area contributed by atoms with Crippen LogP contribution in [0.4, 0.5) is 0 Å². The van der Waals surface area contributed by atoms with Crippen molar-refractivity contribution in [3.8, 4) is 0 Å². The Morgan fingerprint density at radius 1 is 1.42 bits per heavy atom. The fourth-order valence-electron chi connectivity index (χ4n) is 3.03. The molecule has 1 aliphatic rings. The molecule has 0 spiro atoms. The van der Waals surface area contributed by atoms with Gasteiger partial charge in [0.2, 0.25) is 0 Å². The van der Waals surface area contributed by atoms with Crippen LogP contribution in [0.5, 0.6) is 0 Å². The predicted molar refractivity (Wildman–Crippen MR) is 77.2 cm³/mol. The molecule has 0 aliphatic heterocycles. The Kier molecular flexibility index (Phi) is 4.97. The Morgan fingerprint density at radius 2 is 2.16 bits per heavy atom. The van der Waals surface area contributed by atoms with Crippen molar-refractivity contribution >= 4 is 0 Å². The van der Waals surface area contributed by atoms with Crippen molar-refractivity contribution in [3.05, 3.63) is 35.4 Å². The summed E-state index contributed by atoms with van der Waals surface area (Å²) in [5.41, 5.74) is 2.40. The molecule has 2 rings (SSSR count). The molecule has 0 heterocycles. The zero-order valence-electron chi connectivity index (χ0n) is 12.2. The number of likely N-dealkylation sites (N-methyl/N-ethyl adjacent to an activating group) is 1. The Balaban J connectivity index is 2.19. The highest BCUT2D eigenvalue weighted by atomic mass is 16.5.